The lowest BCUT2D eigenvalue weighted by atomic mass is 9.55. The van der Waals surface area contributed by atoms with Crippen molar-refractivity contribution in [2.75, 3.05) is 0 Å². The van der Waals surface area contributed by atoms with Crippen molar-refractivity contribution in [3.8, 4) is 0 Å². The summed E-state index contributed by atoms with van der Waals surface area (Å²) in [6, 6.07) is 0. The fraction of sp³-hybridized carbons (Fsp3) is 1.00. The molecule has 0 heteroatoms. The van der Waals surface area contributed by atoms with Crippen LogP contribution in [0.5, 0.6) is 0 Å². The van der Waals surface area contributed by atoms with Crippen molar-refractivity contribution in [3.63, 3.8) is 0 Å². The zero-order valence-corrected chi connectivity index (χ0v) is 10.1. The summed E-state index contributed by atoms with van der Waals surface area (Å²) in [5.74, 6) is 2.94. The fourth-order valence-electron chi connectivity index (χ4n) is 2.88. The van der Waals surface area contributed by atoms with E-state index in [2.05, 4.69) is 34.6 Å². The van der Waals surface area contributed by atoms with E-state index >= 15 is 0 Å². The monoisotopic (exact) mass is 182 g/mol. The SMILES string of the molecule is CCCCC(C)(C)C1CC(C)C1C. The number of hydrogen-bond acceptors (Lipinski definition) is 0. The van der Waals surface area contributed by atoms with Gasteiger partial charge in [0.2, 0.25) is 0 Å². The minimum absolute atomic E-state index is 0.599. The Kier molecular flexibility index (Phi) is 3.43. The van der Waals surface area contributed by atoms with Crippen LogP contribution in [0.25, 0.3) is 0 Å². The highest BCUT2D eigenvalue weighted by molar-refractivity contribution is 4.92. The molecule has 0 spiro atoms. The second kappa shape index (κ2) is 4.02. The van der Waals surface area contributed by atoms with Crippen LogP contribution < -0.4 is 0 Å². The molecule has 1 aliphatic carbocycles. The predicted octanol–water partition coefficient (Wildman–Crippen LogP) is 4.49. The molecule has 0 N–H and O–H groups in total. The summed E-state index contributed by atoms with van der Waals surface area (Å²) in [4.78, 5) is 0. The first-order chi connectivity index (χ1) is 5.99. The molecule has 0 aromatic heterocycles. The molecule has 1 fully saturated rings. The Morgan fingerprint density at radius 2 is 1.85 bits per heavy atom. The average Bonchev–Trinajstić information content (AvgIpc) is 2.10. The molecule has 0 radical (unpaired) electrons. The number of unbranched alkanes of at least 4 members (excludes halogenated alkanes) is 1. The third-order valence-corrected chi connectivity index (χ3v) is 4.34. The van der Waals surface area contributed by atoms with Crippen molar-refractivity contribution < 1.29 is 0 Å². The van der Waals surface area contributed by atoms with Crippen molar-refractivity contribution in [3.05, 3.63) is 0 Å². The van der Waals surface area contributed by atoms with Crippen molar-refractivity contribution >= 4 is 0 Å². The Labute approximate surface area is 84.1 Å². The summed E-state index contributed by atoms with van der Waals surface area (Å²) < 4.78 is 0. The van der Waals surface area contributed by atoms with Gasteiger partial charge in [0.05, 0.1) is 0 Å². The minimum Gasteiger partial charge on any atom is -0.0654 e. The first-order valence-corrected chi connectivity index (χ1v) is 5.99. The van der Waals surface area contributed by atoms with Crippen LogP contribution in [0.2, 0.25) is 0 Å². The number of hydrogen-bond donors (Lipinski definition) is 0. The summed E-state index contributed by atoms with van der Waals surface area (Å²) in [7, 11) is 0. The Balaban J connectivity index is 2.41. The van der Waals surface area contributed by atoms with Gasteiger partial charge < -0.3 is 0 Å². The van der Waals surface area contributed by atoms with E-state index in [1.165, 1.54) is 25.7 Å². The van der Waals surface area contributed by atoms with Gasteiger partial charge in [-0.2, -0.15) is 0 Å². The van der Waals surface area contributed by atoms with Crippen LogP contribution in [-0.2, 0) is 0 Å². The molecule has 0 aromatic rings. The Hall–Kier alpha value is 0. The zero-order chi connectivity index (χ0) is 10.1. The molecule has 13 heavy (non-hydrogen) atoms. The number of rotatable bonds is 4. The van der Waals surface area contributed by atoms with Crippen molar-refractivity contribution in [1.82, 2.24) is 0 Å². The van der Waals surface area contributed by atoms with Gasteiger partial charge in [0.25, 0.3) is 0 Å². The van der Waals surface area contributed by atoms with E-state index in [1.54, 1.807) is 0 Å². The standard InChI is InChI=1S/C13H26/c1-6-7-8-13(4,5)12-9-10(2)11(12)3/h10-12H,6-9H2,1-5H3. The molecule has 3 unspecified atom stereocenters. The highest BCUT2D eigenvalue weighted by Gasteiger charge is 2.43. The van der Waals surface area contributed by atoms with Gasteiger partial charge in [-0.3, -0.25) is 0 Å². The summed E-state index contributed by atoms with van der Waals surface area (Å²) in [5, 5.41) is 0. The fourth-order valence-corrected chi connectivity index (χ4v) is 2.88. The molecular formula is C13H26. The molecular weight excluding hydrogens is 156 g/mol. The minimum atomic E-state index is 0.599. The Morgan fingerprint density at radius 3 is 2.23 bits per heavy atom. The van der Waals surface area contributed by atoms with Gasteiger partial charge in [-0.25, -0.2) is 0 Å². The van der Waals surface area contributed by atoms with Crippen LogP contribution >= 0.6 is 0 Å². The quantitative estimate of drug-likeness (QED) is 0.600. The predicted molar refractivity (Wildman–Crippen MR) is 59.7 cm³/mol. The van der Waals surface area contributed by atoms with Crippen LogP contribution in [0, 0.1) is 23.2 Å². The van der Waals surface area contributed by atoms with Crippen molar-refractivity contribution in [2.45, 2.75) is 60.3 Å². The van der Waals surface area contributed by atoms with Crippen LogP contribution in [0.4, 0.5) is 0 Å². The lowest BCUT2D eigenvalue weighted by Gasteiger charge is -2.50. The van der Waals surface area contributed by atoms with Gasteiger partial charge in [0.1, 0.15) is 0 Å². The molecule has 0 saturated heterocycles. The van der Waals surface area contributed by atoms with Crippen molar-refractivity contribution in [1.29, 1.82) is 0 Å². The van der Waals surface area contributed by atoms with Crippen molar-refractivity contribution in [2.24, 2.45) is 23.2 Å². The smallest absolute Gasteiger partial charge is 0.0323 e. The molecule has 0 aromatic carbocycles. The van der Waals surface area contributed by atoms with Crippen LogP contribution in [0.3, 0.4) is 0 Å². The molecule has 1 saturated carbocycles. The molecule has 1 aliphatic rings. The van der Waals surface area contributed by atoms with E-state index < -0.39 is 0 Å². The maximum absolute atomic E-state index is 2.47. The van der Waals surface area contributed by atoms with Gasteiger partial charge in [0.15, 0.2) is 0 Å². The molecule has 0 bridgehead atoms. The molecule has 0 heterocycles. The second-order valence-electron chi connectivity index (χ2n) is 5.77. The molecule has 1 rings (SSSR count). The van der Waals surface area contributed by atoms with Gasteiger partial charge in [-0.05, 0) is 36.0 Å². The summed E-state index contributed by atoms with van der Waals surface area (Å²) in [6.07, 6.45) is 5.65. The van der Waals surface area contributed by atoms with E-state index in [1.807, 2.05) is 0 Å². The maximum Gasteiger partial charge on any atom is -0.0323 e. The molecule has 78 valence electrons. The molecule has 0 amide bonds. The van der Waals surface area contributed by atoms with E-state index in [4.69, 9.17) is 0 Å². The molecule has 3 atom stereocenters. The first kappa shape index (κ1) is 11.1. The highest BCUT2D eigenvalue weighted by atomic mass is 14.5. The van der Waals surface area contributed by atoms with E-state index in [0.29, 0.717) is 5.41 Å². The van der Waals surface area contributed by atoms with Crippen LogP contribution in [0.15, 0.2) is 0 Å². The van der Waals surface area contributed by atoms with Crippen LogP contribution in [-0.4, -0.2) is 0 Å². The molecule has 0 nitrogen and oxygen atoms in total. The van der Waals surface area contributed by atoms with E-state index in [0.717, 1.165) is 17.8 Å². The van der Waals surface area contributed by atoms with Gasteiger partial charge >= 0.3 is 0 Å². The van der Waals surface area contributed by atoms with Crippen LogP contribution in [0.1, 0.15) is 60.3 Å². The zero-order valence-electron chi connectivity index (χ0n) is 10.1. The van der Waals surface area contributed by atoms with Gasteiger partial charge in [0, 0.05) is 0 Å². The van der Waals surface area contributed by atoms with E-state index in [9.17, 15) is 0 Å². The normalized spacial score (nSPS) is 34.4. The van der Waals surface area contributed by atoms with Gasteiger partial charge in [-0.15, -0.1) is 0 Å². The van der Waals surface area contributed by atoms with Gasteiger partial charge in [-0.1, -0.05) is 47.5 Å². The Bertz CT molecular complexity index is 157. The molecule has 0 aliphatic heterocycles. The maximum atomic E-state index is 2.47. The second-order valence-corrected chi connectivity index (χ2v) is 5.77. The third-order valence-electron chi connectivity index (χ3n) is 4.34. The first-order valence-electron chi connectivity index (χ1n) is 5.99. The lowest BCUT2D eigenvalue weighted by Crippen LogP contribution is -2.42. The van der Waals surface area contributed by atoms with E-state index in [-0.39, 0.29) is 0 Å². The average molecular weight is 182 g/mol. The summed E-state index contributed by atoms with van der Waals surface area (Å²) >= 11 is 0. The third kappa shape index (κ3) is 2.27. The lowest BCUT2D eigenvalue weighted by molar-refractivity contribution is -0.00631. The largest absolute Gasteiger partial charge is 0.0654 e. The highest BCUT2D eigenvalue weighted by Crippen LogP contribution is 2.51. The topological polar surface area (TPSA) is 0 Å². The summed E-state index contributed by atoms with van der Waals surface area (Å²) in [5.41, 5.74) is 0.599. The Morgan fingerprint density at radius 1 is 1.23 bits per heavy atom. The summed E-state index contributed by atoms with van der Waals surface area (Å²) in [6.45, 7) is 12.1.